The van der Waals surface area contributed by atoms with Crippen LogP contribution in [-0.2, 0) is 0 Å². The molecule has 19 heavy (non-hydrogen) atoms. The van der Waals surface area contributed by atoms with Gasteiger partial charge in [-0.2, -0.15) is 5.26 Å². The summed E-state index contributed by atoms with van der Waals surface area (Å²) in [5.74, 6) is 0.593. The molecule has 1 heterocycles. The third-order valence-electron chi connectivity index (χ3n) is 4.28. The van der Waals surface area contributed by atoms with Crippen LogP contribution in [-0.4, -0.2) is 24.0 Å². The van der Waals surface area contributed by atoms with Crippen molar-refractivity contribution in [3.05, 3.63) is 35.4 Å². The first-order chi connectivity index (χ1) is 9.11. The van der Waals surface area contributed by atoms with Crippen molar-refractivity contribution in [1.82, 2.24) is 4.90 Å². The van der Waals surface area contributed by atoms with E-state index in [1.807, 2.05) is 18.2 Å². The number of likely N-dealkylation sites (tertiary alicyclic amines) is 1. The monoisotopic (exact) mass is 257 g/mol. The van der Waals surface area contributed by atoms with E-state index in [-0.39, 0.29) is 6.04 Å². The zero-order valence-electron chi connectivity index (χ0n) is 11.8. The van der Waals surface area contributed by atoms with Crippen molar-refractivity contribution in [2.45, 2.75) is 38.8 Å². The van der Waals surface area contributed by atoms with Gasteiger partial charge in [-0.3, -0.25) is 4.90 Å². The molecule has 0 spiro atoms. The Labute approximate surface area is 116 Å². The molecule has 1 aliphatic rings. The van der Waals surface area contributed by atoms with Crippen molar-refractivity contribution in [3.8, 4) is 6.07 Å². The first-order valence-corrected chi connectivity index (χ1v) is 7.11. The summed E-state index contributed by atoms with van der Waals surface area (Å²) in [5.41, 5.74) is 8.01. The Morgan fingerprint density at radius 1 is 1.42 bits per heavy atom. The first kappa shape index (κ1) is 14.0. The number of hydrogen-bond donors (Lipinski definition) is 1. The second kappa shape index (κ2) is 6.18. The average Bonchev–Trinajstić information content (AvgIpc) is 2.46. The van der Waals surface area contributed by atoms with Crippen molar-refractivity contribution >= 4 is 0 Å². The van der Waals surface area contributed by atoms with Gasteiger partial charge in [0.15, 0.2) is 0 Å². The maximum Gasteiger partial charge on any atom is 0.0991 e. The Kier molecular flexibility index (Phi) is 4.57. The quantitative estimate of drug-likeness (QED) is 0.905. The number of nitrogens with two attached hydrogens (primary N) is 1. The summed E-state index contributed by atoms with van der Waals surface area (Å²) < 4.78 is 0. The molecule has 102 valence electrons. The number of nitrogens with zero attached hydrogens (tertiary/aromatic N) is 2. The average molecular weight is 257 g/mol. The molecule has 0 amide bonds. The maximum absolute atomic E-state index is 8.99. The van der Waals surface area contributed by atoms with Crippen LogP contribution < -0.4 is 5.73 Å². The molecular weight excluding hydrogens is 234 g/mol. The largest absolute Gasteiger partial charge is 0.328 e. The Hall–Kier alpha value is -1.37. The van der Waals surface area contributed by atoms with Gasteiger partial charge in [-0.25, -0.2) is 0 Å². The van der Waals surface area contributed by atoms with Gasteiger partial charge < -0.3 is 5.73 Å². The first-order valence-electron chi connectivity index (χ1n) is 7.11. The van der Waals surface area contributed by atoms with E-state index in [1.54, 1.807) is 0 Å². The van der Waals surface area contributed by atoms with Gasteiger partial charge in [0.1, 0.15) is 0 Å². The van der Waals surface area contributed by atoms with Crippen molar-refractivity contribution in [2.24, 2.45) is 11.7 Å². The fourth-order valence-electron chi connectivity index (χ4n) is 2.90. The highest BCUT2D eigenvalue weighted by Gasteiger charge is 2.26. The zero-order valence-corrected chi connectivity index (χ0v) is 11.8. The van der Waals surface area contributed by atoms with Gasteiger partial charge in [-0.05, 0) is 56.8 Å². The van der Waals surface area contributed by atoms with E-state index in [1.165, 1.54) is 18.4 Å². The predicted octanol–water partition coefficient (Wildman–Crippen LogP) is 2.68. The highest BCUT2D eigenvalue weighted by molar-refractivity contribution is 5.34. The molecule has 1 aliphatic heterocycles. The highest BCUT2D eigenvalue weighted by atomic mass is 15.2. The van der Waals surface area contributed by atoms with Crippen LogP contribution in [0.25, 0.3) is 0 Å². The van der Waals surface area contributed by atoms with Crippen molar-refractivity contribution in [1.29, 1.82) is 5.26 Å². The molecule has 3 nitrogen and oxygen atoms in total. The Morgan fingerprint density at radius 3 is 2.89 bits per heavy atom. The normalized spacial score (nSPS) is 23.6. The number of benzene rings is 1. The second-order valence-corrected chi connectivity index (χ2v) is 5.67. The number of hydrogen-bond acceptors (Lipinski definition) is 3. The minimum absolute atomic E-state index is 0.264. The van der Waals surface area contributed by atoms with E-state index < -0.39 is 0 Å². The third-order valence-corrected chi connectivity index (χ3v) is 4.28. The van der Waals surface area contributed by atoms with Gasteiger partial charge in [-0.15, -0.1) is 0 Å². The summed E-state index contributed by atoms with van der Waals surface area (Å²) in [6, 6.07) is 10.8. The summed E-state index contributed by atoms with van der Waals surface area (Å²) >= 11 is 0. The molecule has 3 unspecified atom stereocenters. The van der Waals surface area contributed by atoms with Gasteiger partial charge >= 0.3 is 0 Å². The summed E-state index contributed by atoms with van der Waals surface area (Å²) in [7, 11) is 0. The molecule has 1 aromatic rings. The SMILES string of the molecule is CC(N)C1CCCN(C(C)c2cccc(C#N)c2)C1. The standard InChI is InChI=1S/C16H23N3/c1-12(18)16-7-4-8-19(11-16)13(2)15-6-3-5-14(9-15)10-17/h3,5-6,9,12-13,16H,4,7-8,11,18H2,1-2H3. The topological polar surface area (TPSA) is 53.0 Å². The van der Waals surface area contributed by atoms with Crippen LogP contribution in [0.1, 0.15) is 43.9 Å². The lowest BCUT2D eigenvalue weighted by Crippen LogP contribution is -2.43. The van der Waals surface area contributed by atoms with E-state index in [4.69, 9.17) is 11.0 Å². The Morgan fingerprint density at radius 2 is 2.21 bits per heavy atom. The summed E-state index contributed by atoms with van der Waals surface area (Å²) in [5, 5.41) is 8.99. The van der Waals surface area contributed by atoms with E-state index in [2.05, 4.69) is 30.9 Å². The molecule has 0 aromatic heterocycles. The molecule has 1 aromatic carbocycles. The lowest BCUT2D eigenvalue weighted by molar-refractivity contribution is 0.121. The lowest BCUT2D eigenvalue weighted by atomic mass is 9.90. The molecule has 0 radical (unpaired) electrons. The van der Waals surface area contributed by atoms with Gasteiger partial charge in [0, 0.05) is 18.6 Å². The molecule has 0 saturated carbocycles. The van der Waals surface area contributed by atoms with Crippen LogP contribution in [0.4, 0.5) is 0 Å². The fourth-order valence-corrected chi connectivity index (χ4v) is 2.90. The molecule has 3 atom stereocenters. The number of rotatable bonds is 3. The van der Waals surface area contributed by atoms with E-state index in [0.29, 0.717) is 12.0 Å². The van der Waals surface area contributed by atoms with Crippen LogP contribution in [0.5, 0.6) is 0 Å². The van der Waals surface area contributed by atoms with Crippen LogP contribution in [0, 0.1) is 17.2 Å². The van der Waals surface area contributed by atoms with Crippen LogP contribution in [0.3, 0.4) is 0 Å². The van der Waals surface area contributed by atoms with Gasteiger partial charge in [0.2, 0.25) is 0 Å². The Balaban J connectivity index is 2.10. The molecule has 2 rings (SSSR count). The summed E-state index contributed by atoms with van der Waals surface area (Å²) in [4.78, 5) is 2.49. The molecule has 1 fully saturated rings. The van der Waals surface area contributed by atoms with Crippen molar-refractivity contribution < 1.29 is 0 Å². The molecule has 0 bridgehead atoms. The van der Waals surface area contributed by atoms with Gasteiger partial charge in [0.05, 0.1) is 11.6 Å². The fraction of sp³-hybridized carbons (Fsp3) is 0.562. The summed E-state index contributed by atoms with van der Waals surface area (Å²) in [6.45, 7) is 6.52. The Bertz CT molecular complexity index is 461. The predicted molar refractivity (Wildman–Crippen MR) is 77.5 cm³/mol. The zero-order chi connectivity index (χ0) is 13.8. The van der Waals surface area contributed by atoms with E-state index in [9.17, 15) is 0 Å². The smallest absolute Gasteiger partial charge is 0.0991 e. The van der Waals surface area contributed by atoms with Gasteiger partial charge in [0.25, 0.3) is 0 Å². The maximum atomic E-state index is 8.99. The third kappa shape index (κ3) is 3.34. The van der Waals surface area contributed by atoms with Crippen LogP contribution in [0.2, 0.25) is 0 Å². The molecular formula is C16H23N3. The lowest BCUT2D eigenvalue weighted by Gasteiger charge is -2.38. The molecule has 1 saturated heterocycles. The van der Waals surface area contributed by atoms with Gasteiger partial charge in [-0.1, -0.05) is 12.1 Å². The van der Waals surface area contributed by atoms with Crippen LogP contribution in [0.15, 0.2) is 24.3 Å². The molecule has 2 N–H and O–H groups in total. The van der Waals surface area contributed by atoms with Crippen LogP contribution >= 0.6 is 0 Å². The number of nitriles is 1. The number of piperidine rings is 1. The van der Waals surface area contributed by atoms with E-state index in [0.717, 1.165) is 18.7 Å². The molecule has 3 heteroatoms. The molecule has 0 aliphatic carbocycles. The van der Waals surface area contributed by atoms with Crippen molar-refractivity contribution in [3.63, 3.8) is 0 Å². The minimum Gasteiger partial charge on any atom is -0.328 e. The minimum atomic E-state index is 0.264. The highest BCUT2D eigenvalue weighted by Crippen LogP contribution is 2.27. The summed E-state index contributed by atoms with van der Waals surface area (Å²) in [6.07, 6.45) is 2.45. The second-order valence-electron chi connectivity index (χ2n) is 5.67. The van der Waals surface area contributed by atoms with Crippen molar-refractivity contribution in [2.75, 3.05) is 13.1 Å². The van der Waals surface area contributed by atoms with E-state index >= 15 is 0 Å².